The zero-order valence-electron chi connectivity index (χ0n) is 12.0. The molecule has 2 heterocycles. The summed E-state index contributed by atoms with van der Waals surface area (Å²) in [5.74, 6) is 0. The van der Waals surface area contributed by atoms with Crippen LogP contribution >= 0.6 is 11.3 Å². The molecule has 3 rings (SSSR count). The van der Waals surface area contributed by atoms with E-state index in [0.717, 1.165) is 13.1 Å². The second-order valence-electron chi connectivity index (χ2n) is 5.32. The van der Waals surface area contributed by atoms with Gasteiger partial charge in [-0.15, -0.1) is 11.3 Å². The summed E-state index contributed by atoms with van der Waals surface area (Å²) in [6.07, 6.45) is 0. The topological polar surface area (TPSA) is 32.5 Å². The Balaban J connectivity index is 2.02. The van der Waals surface area contributed by atoms with E-state index in [2.05, 4.69) is 59.5 Å². The number of rotatable bonds is 3. The molecule has 0 saturated carbocycles. The van der Waals surface area contributed by atoms with Crippen molar-refractivity contribution in [3.8, 4) is 0 Å². The first kappa shape index (κ1) is 13.5. The van der Waals surface area contributed by atoms with Crippen LogP contribution < -0.4 is 15.5 Å². The molecule has 0 radical (unpaired) electrons. The molecule has 0 bridgehead atoms. The van der Waals surface area contributed by atoms with Crippen LogP contribution in [0.1, 0.15) is 16.5 Å². The monoisotopic (exact) mass is 287 g/mol. The fraction of sp³-hybridized carbons (Fsp3) is 0.375. The number of thiophene rings is 1. The number of likely N-dealkylation sites (N-methyl/N-ethyl adjacent to an activating group) is 1. The number of fused-ring (bicyclic) bond motifs is 1. The minimum Gasteiger partial charge on any atom is -0.371 e. The number of para-hydroxylation sites is 2. The smallest absolute Gasteiger partial charge is 0.0761 e. The largest absolute Gasteiger partial charge is 0.371 e. The Bertz CT molecular complexity index is 593. The Labute approximate surface area is 124 Å². The van der Waals surface area contributed by atoms with Crippen LogP contribution in [0.15, 0.2) is 35.7 Å². The number of aryl methyl sites for hydroxylation is 1. The van der Waals surface area contributed by atoms with Crippen molar-refractivity contribution >= 4 is 22.7 Å². The molecule has 0 spiro atoms. The van der Waals surface area contributed by atoms with Crippen LogP contribution in [-0.4, -0.2) is 26.7 Å². The molecule has 0 amide bonds. The molecule has 1 aliphatic rings. The highest BCUT2D eigenvalue weighted by Crippen LogP contribution is 2.38. The van der Waals surface area contributed by atoms with Gasteiger partial charge in [-0.1, -0.05) is 12.1 Å². The van der Waals surface area contributed by atoms with Crippen LogP contribution in [0.5, 0.6) is 0 Å². The molecule has 1 aromatic carbocycles. The highest BCUT2D eigenvalue weighted by molar-refractivity contribution is 7.10. The van der Waals surface area contributed by atoms with E-state index >= 15 is 0 Å². The number of hydrogen-bond acceptors (Lipinski definition) is 4. The third-order valence-electron chi connectivity index (χ3n) is 4.08. The Morgan fingerprint density at radius 2 is 1.95 bits per heavy atom. The Kier molecular flexibility index (Phi) is 3.68. The quantitative estimate of drug-likeness (QED) is 0.942. The molecule has 4 heteroatoms. The van der Waals surface area contributed by atoms with Crippen LogP contribution in [0.3, 0.4) is 0 Å². The summed E-state index contributed by atoms with van der Waals surface area (Å²) in [6, 6.07) is 11.1. The summed E-state index contributed by atoms with van der Waals surface area (Å²) in [4.78, 5) is 6.18. The van der Waals surface area contributed by atoms with E-state index in [9.17, 15) is 0 Å². The maximum Gasteiger partial charge on any atom is 0.0761 e. The minimum atomic E-state index is 0.282. The van der Waals surface area contributed by atoms with Gasteiger partial charge in [-0.25, -0.2) is 0 Å². The van der Waals surface area contributed by atoms with Crippen molar-refractivity contribution in [3.05, 3.63) is 46.2 Å². The van der Waals surface area contributed by atoms with E-state index < -0.39 is 0 Å². The number of nitrogens with two attached hydrogens (primary N) is 1. The Morgan fingerprint density at radius 1 is 1.20 bits per heavy atom. The zero-order chi connectivity index (χ0) is 14.1. The fourth-order valence-corrected chi connectivity index (χ4v) is 4.01. The number of nitrogens with zero attached hydrogens (tertiary/aromatic N) is 2. The molecule has 3 nitrogen and oxygen atoms in total. The molecule has 1 aliphatic heterocycles. The third-order valence-corrected chi connectivity index (χ3v) is 5.20. The molecule has 1 unspecified atom stereocenters. The maximum atomic E-state index is 6.11. The van der Waals surface area contributed by atoms with E-state index in [4.69, 9.17) is 5.73 Å². The van der Waals surface area contributed by atoms with E-state index in [-0.39, 0.29) is 6.04 Å². The molecule has 0 aliphatic carbocycles. The Hall–Kier alpha value is -1.52. The molecule has 20 heavy (non-hydrogen) atoms. The van der Waals surface area contributed by atoms with Crippen molar-refractivity contribution in [2.45, 2.75) is 13.0 Å². The van der Waals surface area contributed by atoms with Gasteiger partial charge in [-0.05, 0) is 36.1 Å². The first-order valence-corrected chi connectivity index (χ1v) is 7.91. The van der Waals surface area contributed by atoms with Gasteiger partial charge < -0.3 is 15.5 Å². The number of anilines is 2. The maximum absolute atomic E-state index is 6.11. The van der Waals surface area contributed by atoms with Crippen molar-refractivity contribution < 1.29 is 0 Å². The van der Waals surface area contributed by atoms with Gasteiger partial charge in [0.1, 0.15) is 0 Å². The molecule has 0 saturated heterocycles. The van der Waals surface area contributed by atoms with Crippen molar-refractivity contribution in [1.29, 1.82) is 0 Å². The van der Waals surface area contributed by atoms with Crippen LogP contribution in [0.25, 0.3) is 0 Å². The highest BCUT2D eigenvalue weighted by Gasteiger charge is 2.27. The highest BCUT2D eigenvalue weighted by atomic mass is 32.1. The van der Waals surface area contributed by atoms with Crippen molar-refractivity contribution in [2.24, 2.45) is 5.73 Å². The van der Waals surface area contributed by atoms with Crippen LogP contribution in [-0.2, 0) is 0 Å². The van der Waals surface area contributed by atoms with Crippen molar-refractivity contribution in [2.75, 3.05) is 36.5 Å². The molecule has 2 N–H and O–H groups in total. The predicted octanol–water partition coefficient (Wildman–Crippen LogP) is 3.01. The summed E-state index contributed by atoms with van der Waals surface area (Å²) in [6.45, 7) is 4.89. The van der Waals surface area contributed by atoms with Crippen LogP contribution in [0.4, 0.5) is 11.4 Å². The SMILES string of the molecule is Cc1ccsc1C(CN)N1CCN(C)c2ccccc21. The molecular formula is C16H21N3S. The second-order valence-corrected chi connectivity index (χ2v) is 6.27. The summed E-state index contributed by atoms with van der Waals surface area (Å²) < 4.78 is 0. The van der Waals surface area contributed by atoms with Gasteiger partial charge in [-0.2, -0.15) is 0 Å². The van der Waals surface area contributed by atoms with E-state index in [1.807, 2.05) is 11.3 Å². The lowest BCUT2D eigenvalue weighted by atomic mass is 10.1. The third kappa shape index (κ3) is 2.19. The van der Waals surface area contributed by atoms with Gasteiger partial charge in [0.05, 0.1) is 17.4 Å². The lowest BCUT2D eigenvalue weighted by Crippen LogP contribution is -2.43. The average Bonchev–Trinajstić information content (AvgIpc) is 2.89. The fourth-order valence-electron chi connectivity index (χ4n) is 2.95. The second kappa shape index (κ2) is 5.46. The summed E-state index contributed by atoms with van der Waals surface area (Å²) >= 11 is 1.82. The first-order valence-electron chi connectivity index (χ1n) is 7.03. The lowest BCUT2D eigenvalue weighted by Gasteiger charge is -2.41. The van der Waals surface area contributed by atoms with E-state index in [0.29, 0.717) is 6.54 Å². The molecule has 1 aromatic heterocycles. The van der Waals surface area contributed by atoms with E-state index in [1.54, 1.807) is 0 Å². The average molecular weight is 287 g/mol. The minimum absolute atomic E-state index is 0.282. The standard InChI is InChI=1S/C16H21N3S/c1-12-7-10-20-16(12)15(11-17)19-9-8-18(2)13-5-3-4-6-14(13)19/h3-7,10,15H,8-9,11,17H2,1-2H3. The van der Waals surface area contributed by atoms with Gasteiger partial charge in [0.15, 0.2) is 0 Å². The normalized spacial score (nSPS) is 16.1. The molecular weight excluding hydrogens is 266 g/mol. The van der Waals surface area contributed by atoms with Gasteiger partial charge >= 0.3 is 0 Å². The first-order chi connectivity index (χ1) is 9.72. The molecule has 1 atom stereocenters. The molecule has 2 aromatic rings. The molecule has 0 fully saturated rings. The van der Waals surface area contributed by atoms with Gasteiger partial charge in [0.2, 0.25) is 0 Å². The molecule has 106 valence electrons. The van der Waals surface area contributed by atoms with Gasteiger partial charge in [-0.3, -0.25) is 0 Å². The van der Waals surface area contributed by atoms with Crippen LogP contribution in [0, 0.1) is 6.92 Å². The Morgan fingerprint density at radius 3 is 2.60 bits per heavy atom. The van der Waals surface area contributed by atoms with Gasteiger partial charge in [0, 0.05) is 31.6 Å². The van der Waals surface area contributed by atoms with Crippen LogP contribution in [0.2, 0.25) is 0 Å². The van der Waals surface area contributed by atoms with Crippen molar-refractivity contribution in [1.82, 2.24) is 0 Å². The lowest BCUT2D eigenvalue weighted by molar-refractivity contribution is 0.616. The van der Waals surface area contributed by atoms with Crippen molar-refractivity contribution in [3.63, 3.8) is 0 Å². The summed E-state index contributed by atoms with van der Waals surface area (Å²) in [5, 5.41) is 2.16. The predicted molar refractivity (Wildman–Crippen MR) is 87.9 cm³/mol. The number of benzene rings is 1. The van der Waals surface area contributed by atoms with E-state index in [1.165, 1.54) is 21.8 Å². The zero-order valence-corrected chi connectivity index (χ0v) is 12.9. The van der Waals surface area contributed by atoms with Gasteiger partial charge in [0.25, 0.3) is 0 Å². The summed E-state index contributed by atoms with van der Waals surface area (Å²) in [7, 11) is 2.16. The number of hydrogen-bond donors (Lipinski definition) is 1. The summed E-state index contributed by atoms with van der Waals surface area (Å²) in [5.41, 5.74) is 10.0.